The SMILES string of the molecule is CCc1nnc(CSc2ccc(S(=O)(=O)N3CCOCC3)cn2)o1. The zero-order chi connectivity index (χ0) is 17.0. The highest BCUT2D eigenvalue weighted by Crippen LogP contribution is 2.23. The van der Waals surface area contributed by atoms with Crippen LogP contribution < -0.4 is 0 Å². The molecule has 0 bridgehead atoms. The molecule has 24 heavy (non-hydrogen) atoms. The van der Waals surface area contributed by atoms with Crippen LogP contribution in [0.2, 0.25) is 0 Å². The molecular weight excluding hydrogens is 352 g/mol. The molecule has 2 aromatic heterocycles. The average molecular weight is 370 g/mol. The molecule has 1 aliphatic rings. The number of sulfonamides is 1. The number of morpholine rings is 1. The zero-order valence-electron chi connectivity index (χ0n) is 13.2. The molecule has 3 heterocycles. The average Bonchev–Trinajstić information content (AvgIpc) is 3.09. The maximum absolute atomic E-state index is 12.5. The lowest BCUT2D eigenvalue weighted by Crippen LogP contribution is -2.40. The van der Waals surface area contributed by atoms with Gasteiger partial charge in [-0.2, -0.15) is 4.31 Å². The summed E-state index contributed by atoms with van der Waals surface area (Å²) < 4.78 is 37.0. The predicted octanol–water partition coefficient (Wildman–Crippen LogP) is 1.34. The van der Waals surface area contributed by atoms with Crippen molar-refractivity contribution in [3.8, 4) is 0 Å². The van der Waals surface area contributed by atoms with Crippen molar-refractivity contribution in [3.63, 3.8) is 0 Å². The van der Waals surface area contributed by atoms with E-state index in [1.807, 2.05) is 6.92 Å². The Morgan fingerprint density at radius 3 is 2.58 bits per heavy atom. The summed E-state index contributed by atoms with van der Waals surface area (Å²) in [5, 5.41) is 8.54. The monoisotopic (exact) mass is 370 g/mol. The highest BCUT2D eigenvalue weighted by molar-refractivity contribution is 7.98. The summed E-state index contributed by atoms with van der Waals surface area (Å²) in [4.78, 5) is 4.41. The molecule has 0 unspecified atom stereocenters. The smallest absolute Gasteiger partial charge is 0.244 e. The second kappa shape index (κ2) is 7.60. The fraction of sp³-hybridized carbons (Fsp3) is 0.500. The van der Waals surface area contributed by atoms with Crippen LogP contribution in [-0.4, -0.2) is 54.2 Å². The second-order valence-electron chi connectivity index (χ2n) is 5.08. The Morgan fingerprint density at radius 2 is 1.96 bits per heavy atom. The largest absolute Gasteiger partial charge is 0.424 e. The van der Waals surface area contributed by atoms with Gasteiger partial charge in [0, 0.05) is 25.7 Å². The fourth-order valence-corrected chi connectivity index (χ4v) is 4.20. The van der Waals surface area contributed by atoms with Crippen molar-refractivity contribution >= 4 is 21.8 Å². The molecule has 130 valence electrons. The first-order chi connectivity index (χ1) is 11.6. The Morgan fingerprint density at radius 1 is 1.21 bits per heavy atom. The van der Waals surface area contributed by atoms with Crippen molar-refractivity contribution in [3.05, 3.63) is 30.1 Å². The summed E-state index contributed by atoms with van der Waals surface area (Å²) in [5.41, 5.74) is 0. The fourth-order valence-electron chi connectivity index (χ4n) is 2.17. The van der Waals surface area contributed by atoms with Gasteiger partial charge in [0.05, 0.1) is 24.0 Å². The molecule has 0 atom stereocenters. The minimum Gasteiger partial charge on any atom is -0.424 e. The van der Waals surface area contributed by atoms with Crippen molar-refractivity contribution in [1.29, 1.82) is 0 Å². The van der Waals surface area contributed by atoms with Crippen molar-refractivity contribution in [2.24, 2.45) is 0 Å². The molecule has 0 amide bonds. The van der Waals surface area contributed by atoms with Crippen LogP contribution in [0.3, 0.4) is 0 Å². The van der Waals surface area contributed by atoms with Gasteiger partial charge in [-0.3, -0.25) is 0 Å². The quantitative estimate of drug-likeness (QED) is 0.703. The lowest BCUT2D eigenvalue weighted by molar-refractivity contribution is 0.0730. The minimum absolute atomic E-state index is 0.194. The molecule has 1 saturated heterocycles. The van der Waals surface area contributed by atoms with Gasteiger partial charge in [-0.15, -0.1) is 10.2 Å². The van der Waals surface area contributed by atoms with Gasteiger partial charge in [0.15, 0.2) is 0 Å². The van der Waals surface area contributed by atoms with E-state index in [1.165, 1.54) is 22.3 Å². The van der Waals surface area contributed by atoms with Crippen LogP contribution in [-0.2, 0) is 26.9 Å². The van der Waals surface area contributed by atoms with Gasteiger partial charge in [-0.1, -0.05) is 18.7 Å². The first-order valence-electron chi connectivity index (χ1n) is 7.57. The van der Waals surface area contributed by atoms with Gasteiger partial charge in [-0.05, 0) is 12.1 Å². The van der Waals surface area contributed by atoms with E-state index in [4.69, 9.17) is 9.15 Å². The number of ether oxygens (including phenoxy) is 1. The van der Waals surface area contributed by atoms with Crippen LogP contribution in [0, 0.1) is 0 Å². The number of hydrogen-bond acceptors (Lipinski definition) is 8. The Labute approximate surface area is 144 Å². The zero-order valence-corrected chi connectivity index (χ0v) is 14.8. The number of aromatic nitrogens is 3. The van der Waals surface area contributed by atoms with E-state index in [2.05, 4.69) is 15.2 Å². The Hall–Kier alpha value is -1.49. The van der Waals surface area contributed by atoms with Crippen LogP contribution >= 0.6 is 11.8 Å². The number of aryl methyl sites for hydroxylation is 1. The second-order valence-corrected chi connectivity index (χ2v) is 8.01. The van der Waals surface area contributed by atoms with Gasteiger partial charge in [0.2, 0.25) is 21.8 Å². The summed E-state index contributed by atoms with van der Waals surface area (Å²) >= 11 is 1.42. The molecule has 0 aliphatic carbocycles. The summed E-state index contributed by atoms with van der Waals surface area (Å²) in [6, 6.07) is 3.26. The maximum Gasteiger partial charge on any atom is 0.244 e. The van der Waals surface area contributed by atoms with Gasteiger partial charge in [-0.25, -0.2) is 13.4 Å². The van der Waals surface area contributed by atoms with Crippen LogP contribution in [0.1, 0.15) is 18.7 Å². The van der Waals surface area contributed by atoms with Crippen LogP contribution in [0.4, 0.5) is 0 Å². The van der Waals surface area contributed by atoms with Gasteiger partial charge >= 0.3 is 0 Å². The van der Waals surface area contributed by atoms with Crippen molar-refractivity contribution in [2.75, 3.05) is 26.3 Å². The molecule has 3 rings (SSSR count). The first-order valence-corrected chi connectivity index (χ1v) is 10.00. The predicted molar refractivity (Wildman–Crippen MR) is 87.1 cm³/mol. The molecule has 0 N–H and O–H groups in total. The normalized spacial score (nSPS) is 16.4. The standard InChI is InChI=1S/C14H18N4O4S2/c1-2-12-16-17-13(22-12)10-23-14-4-3-11(9-15-14)24(19,20)18-5-7-21-8-6-18/h3-4,9H,2,5-8,10H2,1H3. The van der Waals surface area contributed by atoms with E-state index in [9.17, 15) is 8.42 Å². The highest BCUT2D eigenvalue weighted by Gasteiger charge is 2.26. The molecule has 1 aliphatic heterocycles. The topological polar surface area (TPSA) is 98.4 Å². The number of rotatable bonds is 6. The molecular formula is C14H18N4O4S2. The van der Waals surface area contributed by atoms with Crippen LogP contribution in [0.25, 0.3) is 0 Å². The third-order valence-electron chi connectivity index (χ3n) is 3.47. The number of pyridine rings is 1. The van der Waals surface area contributed by atoms with Crippen LogP contribution in [0.5, 0.6) is 0 Å². The Kier molecular flexibility index (Phi) is 5.49. The number of thioether (sulfide) groups is 1. The summed E-state index contributed by atoms with van der Waals surface area (Å²) in [6.07, 6.45) is 2.09. The van der Waals surface area contributed by atoms with Gasteiger partial charge in [0.1, 0.15) is 4.90 Å². The summed E-state index contributed by atoms with van der Waals surface area (Å²) in [7, 11) is -3.51. The van der Waals surface area contributed by atoms with E-state index >= 15 is 0 Å². The third-order valence-corrected chi connectivity index (χ3v) is 6.28. The van der Waals surface area contributed by atoms with Crippen LogP contribution in [0.15, 0.2) is 32.7 Å². The molecule has 0 spiro atoms. The van der Waals surface area contributed by atoms with E-state index in [0.717, 1.165) is 0 Å². The lowest BCUT2D eigenvalue weighted by Gasteiger charge is -2.25. The molecule has 0 aromatic carbocycles. The van der Waals surface area contributed by atoms with Crippen molar-refractivity contribution in [1.82, 2.24) is 19.5 Å². The molecule has 1 fully saturated rings. The Bertz CT molecular complexity index is 770. The molecule has 0 radical (unpaired) electrons. The molecule has 2 aromatic rings. The number of hydrogen-bond donors (Lipinski definition) is 0. The van der Waals surface area contributed by atoms with Gasteiger partial charge in [0.25, 0.3) is 0 Å². The highest BCUT2D eigenvalue weighted by atomic mass is 32.2. The number of nitrogens with zero attached hydrogens (tertiary/aromatic N) is 4. The molecule has 8 nitrogen and oxygen atoms in total. The van der Waals surface area contributed by atoms with Gasteiger partial charge < -0.3 is 9.15 Å². The van der Waals surface area contributed by atoms with E-state index < -0.39 is 10.0 Å². The minimum atomic E-state index is -3.51. The van der Waals surface area contributed by atoms with E-state index in [0.29, 0.717) is 55.3 Å². The Balaban J connectivity index is 1.64. The van der Waals surface area contributed by atoms with E-state index in [-0.39, 0.29) is 4.90 Å². The van der Waals surface area contributed by atoms with Crippen molar-refractivity contribution < 1.29 is 17.6 Å². The maximum atomic E-state index is 12.5. The summed E-state index contributed by atoms with van der Waals surface area (Å²) in [6.45, 7) is 3.53. The lowest BCUT2D eigenvalue weighted by atomic mass is 10.5. The molecule has 10 heteroatoms. The van der Waals surface area contributed by atoms with Crippen molar-refractivity contribution in [2.45, 2.75) is 29.0 Å². The van der Waals surface area contributed by atoms with E-state index in [1.54, 1.807) is 12.1 Å². The molecule has 0 saturated carbocycles. The summed E-state index contributed by atoms with van der Waals surface area (Å²) in [5.74, 6) is 1.63. The third kappa shape index (κ3) is 3.94. The first kappa shape index (κ1) is 17.3.